The number of fused-ring (bicyclic) bond motifs is 1. The van der Waals surface area contributed by atoms with Crippen molar-refractivity contribution in [2.24, 2.45) is 0 Å². The predicted molar refractivity (Wildman–Crippen MR) is 138 cm³/mol. The van der Waals surface area contributed by atoms with E-state index in [0.717, 1.165) is 17.8 Å². The Morgan fingerprint density at radius 1 is 1.19 bits per heavy atom. The van der Waals surface area contributed by atoms with E-state index in [0.29, 0.717) is 33.7 Å². The molecule has 10 nitrogen and oxygen atoms in total. The lowest BCUT2D eigenvalue weighted by molar-refractivity contribution is -0.384. The fourth-order valence-corrected chi connectivity index (χ4v) is 5.11. The summed E-state index contributed by atoms with van der Waals surface area (Å²) >= 11 is 1.05. The van der Waals surface area contributed by atoms with Gasteiger partial charge in [-0.05, 0) is 48.4 Å². The zero-order chi connectivity index (χ0) is 26.1. The van der Waals surface area contributed by atoms with E-state index >= 15 is 0 Å². The number of hydrogen-bond donors (Lipinski definition) is 1. The number of pyridine rings is 1. The molecule has 4 aromatic rings. The molecule has 0 radical (unpaired) electrons. The van der Waals surface area contributed by atoms with Gasteiger partial charge >= 0.3 is 5.91 Å². The van der Waals surface area contributed by atoms with Crippen molar-refractivity contribution in [3.8, 4) is 5.75 Å². The van der Waals surface area contributed by atoms with Crippen LogP contribution in [0.2, 0.25) is 0 Å². The molecule has 1 amide bonds. The molecule has 0 saturated carbocycles. The lowest BCUT2D eigenvalue weighted by Crippen LogP contribution is -2.29. The van der Waals surface area contributed by atoms with Crippen LogP contribution in [0.4, 0.5) is 10.8 Å². The Morgan fingerprint density at radius 2 is 1.97 bits per heavy atom. The molecule has 2 aromatic heterocycles. The summed E-state index contributed by atoms with van der Waals surface area (Å²) in [5.41, 5.74) is 1.07. The molecule has 1 fully saturated rings. The largest absolute Gasteiger partial charge is 0.507 e. The number of carbonyl (C=O) groups excluding carboxylic acids is 2. The Balaban J connectivity index is 1.63. The number of ether oxygens (including phenoxy) is 1. The van der Waals surface area contributed by atoms with Crippen LogP contribution in [0.5, 0.6) is 5.75 Å². The van der Waals surface area contributed by atoms with Crippen molar-refractivity contribution in [3.63, 3.8) is 0 Å². The molecule has 37 heavy (non-hydrogen) atoms. The highest BCUT2D eigenvalue weighted by Crippen LogP contribution is 2.44. The molecule has 1 saturated heterocycles. The molecule has 11 heteroatoms. The van der Waals surface area contributed by atoms with Crippen LogP contribution in [0, 0.1) is 10.1 Å². The second kappa shape index (κ2) is 9.78. The molecule has 1 atom stereocenters. The maximum Gasteiger partial charge on any atom is 0.301 e. The highest BCUT2D eigenvalue weighted by atomic mass is 32.1. The number of aromatic nitrogens is 2. The van der Waals surface area contributed by atoms with Gasteiger partial charge in [-0.2, -0.15) is 0 Å². The second-order valence-corrected chi connectivity index (χ2v) is 9.24. The van der Waals surface area contributed by atoms with Crippen molar-refractivity contribution in [3.05, 3.63) is 93.8 Å². The first-order valence-electron chi connectivity index (χ1n) is 11.4. The van der Waals surface area contributed by atoms with E-state index in [1.165, 1.54) is 29.3 Å². The highest BCUT2D eigenvalue weighted by Gasteiger charge is 2.48. The van der Waals surface area contributed by atoms with Gasteiger partial charge in [0.2, 0.25) is 0 Å². The number of nitrogens with zero attached hydrogens (tertiary/aromatic N) is 4. The highest BCUT2D eigenvalue weighted by molar-refractivity contribution is 7.22. The minimum Gasteiger partial charge on any atom is -0.507 e. The molecule has 1 aliphatic rings. The number of hydrogen-bond acceptors (Lipinski definition) is 9. The Hall–Kier alpha value is -4.64. The van der Waals surface area contributed by atoms with Gasteiger partial charge in [-0.1, -0.05) is 24.3 Å². The van der Waals surface area contributed by atoms with Gasteiger partial charge in [-0.25, -0.2) is 4.98 Å². The topological polar surface area (TPSA) is 136 Å². The number of aliphatic hydroxyl groups is 1. The first-order valence-corrected chi connectivity index (χ1v) is 12.2. The van der Waals surface area contributed by atoms with Crippen molar-refractivity contribution >= 4 is 49.8 Å². The Morgan fingerprint density at radius 3 is 2.65 bits per heavy atom. The van der Waals surface area contributed by atoms with Gasteiger partial charge in [-0.15, -0.1) is 0 Å². The Labute approximate surface area is 214 Å². The smallest absolute Gasteiger partial charge is 0.301 e. The molecule has 186 valence electrons. The van der Waals surface area contributed by atoms with Gasteiger partial charge < -0.3 is 9.84 Å². The fraction of sp³-hybridized carbons (Fsp3) is 0.154. The number of Topliss-reactive ketones (excluding diaryl/α,β-unsaturated/α-hetero) is 1. The number of nitro groups is 1. The quantitative estimate of drug-likeness (QED) is 0.119. The van der Waals surface area contributed by atoms with Crippen LogP contribution in [-0.2, 0) is 9.59 Å². The van der Waals surface area contributed by atoms with Crippen LogP contribution in [0.3, 0.4) is 0 Å². The summed E-state index contributed by atoms with van der Waals surface area (Å²) in [6.07, 6.45) is 3.91. The predicted octanol–water partition coefficient (Wildman–Crippen LogP) is 5.01. The van der Waals surface area contributed by atoms with E-state index in [1.54, 1.807) is 42.6 Å². The maximum absolute atomic E-state index is 13.3. The van der Waals surface area contributed by atoms with Gasteiger partial charge in [0.1, 0.15) is 11.5 Å². The van der Waals surface area contributed by atoms with Gasteiger partial charge in [0.25, 0.3) is 11.5 Å². The van der Waals surface area contributed by atoms with Gasteiger partial charge in [0, 0.05) is 30.1 Å². The number of aliphatic hydroxyl groups excluding tert-OH is 1. The van der Waals surface area contributed by atoms with Gasteiger partial charge in [-0.3, -0.25) is 29.6 Å². The molecule has 0 spiro atoms. The molecule has 5 rings (SSSR count). The summed E-state index contributed by atoms with van der Waals surface area (Å²) in [6, 6.07) is 13.1. The van der Waals surface area contributed by atoms with Crippen LogP contribution >= 0.6 is 11.3 Å². The monoisotopic (exact) mass is 516 g/mol. The number of non-ortho nitro benzene ring substituents is 1. The van der Waals surface area contributed by atoms with Crippen molar-refractivity contribution < 1.29 is 24.4 Å². The number of rotatable bonds is 7. The molecule has 1 aliphatic heterocycles. The lowest BCUT2D eigenvalue weighted by atomic mass is 9.96. The van der Waals surface area contributed by atoms with Crippen molar-refractivity contribution in [1.82, 2.24) is 9.97 Å². The lowest BCUT2D eigenvalue weighted by Gasteiger charge is -2.22. The van der Waals surface area contributed by atoms with E-state index in [1.807, 2.05) is 6.92 Å². The van der Waals surface area contributed by atoms with Crippen LogP contribution in [0.1, 0.15) is 30.5 Å². The first kappa shape index (κ1) is 24.1. The van der Waals surface area contributed by atoms with Gasteiger partial charge in [0.15, 0.2) is 5.13 Å². The van der Waals surface area contributed by atoms with E-state index in [2.05, 4.69) is 9.97 Å². The second-order valence-electron chi connectivity index (χ2n) is 8.23. The van der Waals surface area contributed by atoms with Crippen LogP contribution < -0.4 is 9.64 Å². The summed E-state index contributed by atoms with van der Waals surface area (Å²) in [5.74, 6) is -1.46. The zero-order valence-corrected chi connectivity index (χ0v) is 20.3. The SMILES string of the molecule is CCCOc1ccc(/C(O)=C2\C(=O)C(=O)N(c3nc4ccc([N+](=O)[O-])cc4s3)C2c2cccnc2)cc1. The Bertz CT molecular complexity index is 1550. The standard InChI is InChI=1S/C26H20N4O6S/c1-2-12-36-18-8-5-15(6-9-18)23(31)21-22(16-4-3-11-27-14-16)29(25(33)24(21)32)26-28-19-10-7-17(30(34)35)13-20(19)37-26/h3-11,13-14,22,31H,2,12H2,1H3/b23-21+. The van der Waals surface area contributed by atoms with E-state index < -0.39 is 22.7 Å². The van der Waals surface area contributed by atoms with Crippen LogP contribution in [-0.4, -0.2) is 38.3 Å². The molecule has 1 N–H and O–H groups in total. The number of nitro benzene ring substituents is 1. The summed E-state index contributed by atoms with van der Waals surface area (Å²) in [5, 5.41) is 22.6. The molecule has 0 bridgehead atoms. The number of amides is 1. The van der Waals surface area contributed by atoms with E-state index in [4.69, 9.17) is 4.74 Å². The minimum atomic E-state index is -1.000. The van der Waals surface area contributed by atoms with E-state index in [9.17, 15) is 24.8 Å². The maximum atomic E-state index is 13.3. The van der Waals surface area contributed by atoms with Crippen molar-refractivity contribution in [2.75, 3.05) is 11.5 Å². The van der Waals surface area contributed by atoms with Gasteiger partial charge in [0.05, 0.1) is 33.4 Å². The number of thiazole rings is 1. The van der Waals surface area contributed by atoms with Crippen molar-refractivity contribution in [2.45, 2.75) is 19.4 Å². The number of ketones is 1. The molecular formula is C26H20N4O6S. The number of benzene rings is 2. The number of anilines is 1. The molecule has 2 aromatic carbocycles. The summed E-state index contributed by atoms with van der Waals surface area (Å²) < 4.78 is 6.07. The molecule has 1 unspecified atom stereocenters. The van der Waals surface area contributed by atoms with Crippen LogP contribution in [0.25, 0.3) is 16.0 Å². The first-order chi connectivity index (χ1) is 17.9. The Kier molecular flexibility index (Phi) is 6.36. The molecular weight excluding hydrogens is 496 g/mol. The minimum absolute atomic E-state index is 0.106. The van der Waals surface area contributed by atoms with Crippen LogP contribution in [0.15, 0.2) is 72.6 Å². The third-order valence-corrected chi connectivity index (χ3v) is 6.84. The molecule has 0 aliphatic carbocycles. The third kappa shape index (κ3) is 4.40. The average Bonchev–Trinajstić information content (AvgIpc) is 3.45. The van der Waals surface area contributed by atoms with E-state index in [-0.39, 0.29) is 22.2 Å². The molecule has 3 heterocycles. The zero-order valence-electron chi connectivity index (χ0n) is 19.5. The summed E-state index contributed by atoms with van der Waals surface area (Å²) in [6.45, 7) is 2.53. The fourth-order valence-electron chi connectivity index (χ4n) is 4.09. The number of carbonyl (C=O) groups is 2. The average molecular weight is 517 g/mol. The third-order valence-electron chi connectivity index (χ3n) is 5.82. The normalized spacial score (nSPS) is 16.9. The summed E-state index contributed by atoms with van der Waals surface area (Å²) in [4.78, 5) is 47.1. The van der Waals surface area contributed by atoms with Crippen molar-refractivity contribution in [1.29, 1.82) is 0 Å². The summed E-state index contributed by atoms with van der Waals surface area (Å²) in [7, 11) is 0.